The number of fused-ring (bicyclic) bond motifs is 15. The molecule has 0 atom stereocenters. The first-order chi connectivity index (χ1) is 25.1. The van der Waals surface area contributed by atoms with Gasteiger partial charge in [-0.25, -0.2) is 0 Å². The quantitative estimate of drug-likeness (QED) is 0.182. The highest BCUT2D eigenvalue weighted by molar-refractivity contribution is 6.29. The van der Waals surface area contributed by atoms with Gasteiger partial charge in [-0.05, 0) is 90.7 Å². The second-order valence-corrected chi connectivity index (χ2v) is 14.8. The number of rotatable bonds is 2. The van der Waals surface area contributed by atoms with Crippen molar-refractivity contribution in [3.8, 4) is 50.2 Å². The van der Waals surface area contributed by atoms with Crippen LogP contribution >= 0.6 is 0 Å². The lowest BCUT2D eigenvalue weighted by Crippen LogP contribution is -2.15. The fourth-order valence-corrected chi connectivity index (χ4v) is 9.83. The van der Waals surface area contributed by atoms with Crippen LogP contribution in [-0.2, 0) is 5.41 Å². The highest BCUT2D eigenvalue weighted by Crippen LogP contribution is 2.58. The van der Waals surface area contributed by atoms with Crippen molar-refractivity contribution < 1.29 is 4.42 Å². The van der Waals surface area contributed by atoms with Crippen LogP contribution < -0.4 is 0 Å². The van der Waals surface area contributed by atoms with E-state index in [1.54, 1.807) is 0 Å². The van der Waals surface area contributed by atoms with Crippen LogP contribution in [0.2, 0.25) is 0 Å². The summed E-state index contributed by atoms with van der Waals surface area (Å²) in [5.41, 5.74) is 18.2. The molecule has 10 aromatic rings. The zero-order valence-corrected chi connectivity index (χ0v) is 28.3. The van der Waals surface area contributed by atoms with Gasteiger partial charge in [0.2, 0.25) is 0 Å². The Kier molecular flexibility index (Phi) is 5.08. The Bertz CT molecular complexity index is 3140. The third-order valence-corrected chi connectivity index (χ3v) is 11.9. The van der Waals surface area contributed by atoms with E-state index >= 15 is 0 Å². The normalized spacial score (nSPS) is 13.8. The van der Waals surface area contributed by atoms with Crippen LogP contribution in [0.4, 0.5) is 0 Å². The van der Waals surface area contributed by atoms with Crippen LogP contribution in [0, 0.1) is 0 Å². The number of nitrogens with zero attached hydrogens (tertiary/aromatic N) is 1. The Labute approximate surface area is 294 Å². The molecule has 0 saturated carbocycles. The molecular weight excluding hydrogens is 619 g/mol. The van der Waals surface area contributed by atoms with Crippen LogP contribution in [0.15, 0.2) is 156 Å². The molecule has 2 nitrogen and oxygen atoms in total. The maximum absolute atomic E-state index is 6.99. The van der Waals surface area contributed by atoms with Crippen molar-refractivity contribution in [1.29, 1.82) is 0 Å². The molecule has 8 aromatic carbocycles. The summed E-state index contributed by atoms with van der Waals surface area (Å²) >= 11 is 0. The van der Waals surface area contributed by atoms with Gasteiger partial charge in [0.25, 0.3) is 0 Å². The van der Waals surface area contributed by atoms with E-state index in [2.05, 4.69) is 170 Å². The van der Waals surface area contributed by atoms with E-state index in [0.717, 1.165) is 22.4 Å². The van der Waals surface area contributed by atoms with E-state index in [1.165, 1.54) is 93.5 Å². The van der Waals surface area contributed by atoms with Crippen LogP contribution in [0.25, 0.3) is 105 Å². The molecular formula is C49H31NO. The van der Waals surface area contributed by atoms with E-state index in [4.69, 9.17) is 4.42 Å². The minimum absolute atomic E-state index is 0.191. The molecule has 0 aliphatic heterocycles. The molecule has 0 amide bonds. The van der Waals surface area contributed by atoms with Gasteiger partial charge in [-0.2, -0.15) is 0 Å². The first kappa shape index (κ1) is 27.4. The summed E-state index contributed by atoms with van der Waals surface area (Å²) < 4.78 is 9.45. The molecule has 0 radical (unpaired) electrons. The molecule has 2 heteroatoms. The lowest BCUT2D eigenvalue weighted by molar-refractivity contribution is 0.658. The molecule has 0 saturated heterocycles. The van der Waals surface area contributed by atoms with Gasteiger partial charge in [0.1, 0.15) is 5.58 Å². The Hall–Kier alpha value is -6.38. The van der Waals surface area contributed by atoms with E-state index in [9.17, 15) is 0 Å². The Morgan fingerprint density at radius 1 is 0.490 bits per heavy atom. The minimum atomic E-state index is -0.191. The van der Waals surface area contributed by atoms with Crippen molar-refractivity contribution in [3.63, 3.8) is 0 Å². The Balaban J connectivity index is 1.20. The Morgan fingerprint density at radius 2 is 1.14 bits per heavy atom. The highest BCUT2D eigenvalue weighted by atomic mass is 16.3. The molecule has 2 aliphatic rings. The lowest BCUT2D eigenvalue weighted by atomic mass is 9.80. The summed E-state index contributed by atoms with van der Waals surface area (Å²) in [4.78, 5) is 0. The van der Waals surface area contributed by atoms with E-state index in [1.807, 2.05) is 0 Å². The SMILES string of the molecule is CC1(C)c2ccccc2-c2c1c1c3ccccc3oc1c1c2c2ccccc2n1-c1cccc(-c2ccc3c4c(cccc24)-c2ccccc2-3)c1. The highest BCUT2D eigenvalue weighted by Gasteiger charge is 2.41. The summed E-state index contributed by atoms with van der Waals surface area (Å²) in [5.74, 6) is 0. The molecule has 0 bridgehead atoms. The van der Waals surface area contributed by atoms with Gasteiger partial charge in [0, 0.05) is 32.6 Å². The zero-order chi connectivity index (χ0) is 33.6. The second-order valence-electron chi connectivity index (χ2n) is 14.8. The maximum Gasteiger partial charge on any atom is 0.160 e. The van der Waals surface area contributed by atoms with E-state index < -0.39 is 0 Å². The van der Waals surface area contributed by atoms with Crippen molar-refractivity contribution >= 4 is 54.5 Å². The van der Waals surface area contributed by atoms with Crippen LogP contribution in [0.5, 0.6) is 0 Å². The lowest BCUT2D eigenvalue weighted by Gasteiger charge is -2.22. The van der Waals surface area contributed by atoms with Gasteiger partial charge in [-0.15, -0.1) is 0 Å². The summed E-state index contributed by atoms with van der Waals surface area (Å²) in [6.45, 7) is 4.76. The average molecular weight is 650 g/mol. The number of aromatic nitrogens is 1. The summed E-state index contributed by atoms with van der Waals surface area (Å²) in [5, 5.41) is 7.54. The largest absolute Gasteiger partial charge is 0.454 e. The average Bonchev–Trinajstić information content (AvgIpc) is 3.89. The van der Waals surface area contributed by atoms with Gasteiger partial charge in [0.15, 0.2) is 5.58 Å². The molecule has 0 unspecified atom stereocenters. The minimum Gasteiger partial charge on any atom is -0.454 e. The number of para-hydroxylation sites is 2. The standard InChI is InChI=1S/C49H31NO/c1-49(2)39-22-8-5-17-36(39)43-44-37-18-6-9-23-40(37)50(47(44)48-45(46(43)49)38-19-7-10-24-41(38)51-48)29-14-11-13-28(27-29)30-25-26-35-32-16-4-3-15-31(32)34-21-12-20-33(30)42(34)35/h3-27H,1-2H3. The predicted octanol–water partition coefficient (Wildman–Crippen LogP) is 13.5. The monoisotopic (exact) mass is 649 g/mol. The summed E-state index contributed by atoms with van der Waals surface area (Å²) in [7, 11) is 0. The first-order valence-electron chi connectivity index (χ1n) is 17.9. The molecule has 2 aliphatic carbocycles. The molecule has 2 aromatic heterocycles. The number of hydrogen-bond acceptors (Lipinski definition) is 1. The molecule has 0 N–H and O–H groups in total. The van der Waals surface area contributed by atoms with Crippen molar-refractivity contribution in [2.24, 2.45) is 0 Å². The summed E-state index contributed by atoms with van der Waals surface area (Å²) in [6, 6.07) is 55.8. The van der Waals surface area contributed by atoms with Crippen LogP contribution in [0.1, 0.15) is 25.0 Å². The molecule has 51 heavy (non-hydrogen) atoms. The molecule has 238 valence electrons. The number of hydrogen-bond donors (Lipinski definition) is 0. The van der Waals surface area contributed by atoms with Crippen LogP contribution in [0.3, 0.4) is 0 Å². The summed E-state index contributed by atoms with van der Waals surface area (Å²) in [6.07, 6.45) is 0. The van der Waals surface area contributed by atoms with Gasteiger partial charge in [0.05, 0.1) is 11.0 Å². The smallest absolute Gasteiger partial charge is 0.160 e. The molecule has 12 rings (SSSR count). The first-order valence-corrected chi connectivity index (χ1v) is 17.9. The van der Waals surface area contributed by atoms with Crippen molar-refractivity contribution in [1.82, 2.24) is 4.57 Å². The maximum atomic E-state index is 6.99. The van der Waals surface area contributed by atoms with Crippen LogP contribution in [-0.4, -0.2) is 4.57 Å². The van der Waals surface area contributed by atoms with Gasteiger partial charge >= 0.3 is 0 Å². The topological polar surface area (TPSA) is 18.1 Å². The third-order valence-electron chi connectivity index (χ3n) is 11.9. The number of furan rings is 1. The Morgan fingerprint density at radius 3 is 2.00 bits per heavy atom. The van der Waals surface area contributed by atoms with Crippen molar-refractivity contribution in [3.05, 3.63) is 163 Å². The van der Waals surface area contributed by atoms with Gasteiger partial charge in [-0.3, -0.25) is 0 Å². The predicted molar refractivity (Wildman–Crippen MR) is 213 cm³/mol. The van der Waals surface area contributed by atoms with Gasteiger partial charge in [-0.1, -0.05) is 141 Å². The van der Waals surface area contributed by atoms with Gasteiger partial charge < -0.3 is 8.98 Å². The molecule has 0 fully saturated rings. The van der Waals surface area contributed by atoms with E-state index in [-0.39, 0.29) is 5.41 Å². The second kappa shape index (κ2) is 9.44. The van der Waals surface area contributed by atoms with Crippen molar-refractivity contribution in [2.75, 3.05) is 0 Å². The number of benzene rings is 8. The fraction of sp³-hybridized carbons (Fsp3) is 0.0612. The third kappa shape index (κ3) is 3.33. The fourth-order valence-electron chi connectivity index (χ4n) is 9.83. The molecule has 2 heterocycles. The zero-order valence-electron chi connectivity index (χ0n) is 28.3. The van der Waals surface area contributed by atoms with Crippen molar-refractivity contribution in [2.45, 2.75) is 19.3 Å². The van der Waals surface area contributed by atoms with E-state index in [0.29, 0.717) is 0 Å². The molecule has 0 spiro atoms.